The zero-order chi connectivity index (χ0) is 36.2. The van der Waals surface area contributed by atoms with Gasteiger partial charge in [-0.15, -0.1) is 0 Å². The molecule has 54 heavy (non-hydrogen) atoms. The molecule has 8 aromatic rings. The van der Waals surface area contributed by atoms with Crippen molar-refractivity contribution >= 4 is 96.8 Å². The number of fused-ring (bicyclic) bond motifs is 8. The Bertz CT molecular complexity index is 2730. The normalized spacial score (nSPS) is 14.6. The van der Waals surface area contributed by atoms with Crippen molar-refractivity contribution in [3.63, 3.8) is 0 Å². The molecule has 8 aromatic carbocycles. The van der Waals surface area contributed by atoms with Crippen molar-refractivity contribution in [3.8, 4) is 0 Å². The first kappa shape index (κ1) is 31.4. The maximum Gasteiger partial charge on any atom is 0.252 e. The first-order valence-corrected chi connectivity index (χ1v) is 21.2. The van der Waals surface area contributed by atoms with Crippen LogP contribution in [0.1, 0.15) is 26.3 Å². The fourth-order valence-electron chi connectivity index (χ4n) is 9.93. The van der Waals surface area contributed by atoms with Crippen molar-refractivity contribution in [3.05, 3.63) is 188 Å². The van der Waals surface area contributed by atoms with E-state index in [0.29, 0.717) is 0 Å². The molecule has 0 aliphatic carbocycles. The van der Waals surface area contributed by atoms with E-state index in [2.05, 4.69) is 213 Å². The highest BCUT2D eigenvalue weighted by atomic mass is 28.3. The first-order valence-electron chi connectivity index (χ1n) is 19.2. The highest BCUT2D eigenvalue weighted by Gasteiger charge is 2.53. The Balaban J connectivity index is 1.33. The third-order valence-electron chi connectivity index (χ3n) is 12.2. The van der Waals surface area contributed by atoms with Crippen molar-refractivity contribution in [2.75, 3.05) is 9.80 Å². The summed E-state index contributed by atoms with van der Waals surface area (Å²) in [5.74, 6) is 0. The summed E-state index contributed by atoms with van der Waals surface area (Å²) in [5.41, 5.74) is 13.0. The fraction of sp³-hybridized carbons (Fsp3) is 0.0800. The van der Waals surface area contributed by atoms with Gasteiger partial charge in [0.25, 0.3) is 6.71 Å². The number of anilines is 6. The molecule has 0 unspecified atom stereocenters. The third kappa shape index (κ3) is 4.17. The standard InChI is InChI=1S/C50H39BN2Si/c1-50(2,3)35-32-43-47-44(33-35)53-42-27-15-16-28-45(42)54(37-21-9-5-10-22-37,38-23-11-6-12-24-38)46-29-17-26-40(49(46)53)51(47)41-31-30-34-18-13-14-25-39(34)48(41)52(43)36-19-7-4-8-20-36/h4-33H,1-3H3. The van der Waals surface area contributed by atoms with Gasteiger partial charge in [0.15, 0.2) is 8.07 Å². The smallest absolute Gasteiger partial charge is 0.252 e. The lowest BCUT2D eigenvalue weighted by Gasteiger charge is -2.51. The Kier molecular flexibility index (Phi) is 6.66. The second kappa shape index (κ2) is 11.4. The summed E-state index contributed by atoms with van der Waals surface area (Å²) in [6, 6.07) is 69.1. The van der Waals surface area contributed by atoms with Crippen molar-refractivity contribution < 1.29 is 0 Å². The van der Waals surface area contributed by atoms with Crippen LogP contribution in [0, 0.1) is 0 Å². The molecule has 3 aliphatic rings. The van der Waals surface area contributed by atoms with Crippen LogP contribution in [0.2, 0.25) is 0 Å². The second-order valence-electron chi connectivity index (χ2n) is 16.1. The monoisotopic (exact) mass is 706 g/mol. The van der Waals surface area contributed by atoms with Crippen LogP contribution in [-0.4, -0.2) is 14.8 Å². The Morgan fingerprint density at radius 2 is 1.04 bits per heavy atom. The fourth-order valence-corrected chi connectivity index (χ4v) is 15.1. The quantitative estimate of drug-likeness (QED) is 0.173. The molecule has 0 N–H and O–H groups in total. The lowest BCUT2D eigenvalue weighted by Crippen LogP contribution is -2.79. The van der Waals surface area contributed by atoms with Gasteiger partial charge in [0, 0.05) is 39.5 Å². The van der Waals surface area contributed by atoms with Crippen LogP contribution < -0.4 is 46.9 Å². The molecule has 4 heteroatoms. The number of nitrogens with zero attached hydrogens (tertiary/aromatic N) is 2. The molecule has 0 saturated carbocycles. The SMILES string of the molecule is CC(C)(C)c1cc2c3c(c1)N(c1ccccc1)c1c(ccc4ccccc14)B3c1cccc3c1N2c1ccccc1[Si]3(c1ccccc1)c1ccccc1. The highest BCUT2D eigenvalue weighted by Crippen LogP contribution is 2.48. The molecule has 0 spiro atoms. The zero-order valence-corrected chi connectivity index (χ0v) is 31.8. The maximum atomic E-state index is 2.66. The molecule has 0 atom stereocenters. The van der Waals surface area contributed by atoms with Gasteiger partial charge < -0.3 is 9.80 Å². The van der Waals surface area contributed by atoms with Crippen LogP contribution >= 0.6 is 0 Å². The number of rotatable bonds is 3. The average molecular weight is 707 g/mol. The van der Waals surface area contributed by atoms with Gasteiger partial charge in [0.1, 0.15) is 0 Å². The Labute approximate surface area is 319 Å². The number of benzene rings is 8. The molecule has 3 heterocycles. The molecule has 0 bridgehead atoms. The van der Waals surface area contributed by atoms with E-state index < -0.39 is 8.07 Å². The first-order chi connectivity index (χ1) is 26.5. The number of hydrogen-bond donors (Lipinski definition) is 0. The lowest BCUT2D eigenvalue weighted by molar-refractivity contribution is 0.590. The van der Waals surface area contributed by atoms with Crippen LogP contribution in [0.5, 0.6) is 0 Å². The Morgan fingerprint density at radius 3 is 1.74 bits per heavy atom. The molecule has 3 aliphatic heterocycles. The van der Waals surface area contributed by atoms with Gasteiger partial charge in [-0.25, -0.2) is 0 Å². The van der Waals surface area contributed by atoms with Crippen LogP contribution in [0.15, 0.2) is 182 Å². The highest BCUT2D eigenvalue weighted by molar-refractivity contribution is 7.22. The van der Waals surface area contributed by atoms with Crippen molar-refractivity contribution in [2.24, 2.45) is 0 Å². The molecule has 2 nitrogen and oxygen atoms in total. The van der Waals surface area contributed by atoms with E-state index in [1.807, 2.05) is 0 Å². The summed E-state index contributed by atoms with van der Waals surface area (Å²) < 4.78 is 0. The Morgan fingerprint density at radius 1 is 0.463 bits per heavy atom. The van der Waals surface area contributed by atoms with E-state index in [1.54, 1.807) is 0 Å². The molecule has 0 amide bonds. The maximum absolute atomic E-state index is 2.79. The van der Waals surface area contributed by atoms with Crippen molar-refractivity contribution in [1.29, 1.82) is 0 Å². The zero-order valence-electron chi connectivity index (χ0n) is 30.8. The molecular formula is C50H39BN2Si. The lowest BCUT2D eigenvalue weighted by atomic mass is 9.33. The van der Waals surface area contributed by atoms with Crippen LogP contribution in [-0.2, 0) is 5.41 Å². The van der Waals surface area contributed by atoms with E-state index >= 15 is 0 Å². The van der Waals surface area contributed by atoms with Crippen LogP contribution in [0.25, 0.3) is 10.8 Å². The molecule has 256 valence electrons. The summed E-state index contributed by atoms with van der Waals surface area (Å²) in [6.45, 7) is 7.12. The number of hydrogen-bond acceptors (Lipinski definition) is 2. The summed E-state index contributed by atoms with van der Waals surface area (Å²) >= 11 is 0. The topological polar surface area (TPSA) is 6.48 Å². The van der Waals surface area contributed by atoms with Gasteiger partial charge in [-0.1, -0.05) is 172 Å². The molecule has 0 saturated heterocycles. The largest absolute Gasteiger partial charge is 0.312 e. The molecule has 0 fully saturated rings. The second-order valence-corrected chi connectivity index (χ2v) is 19.8. The summed E-state index contributed by atoms with van der Waals surface area (Å²) in [6.07, 6.45) is 0. The predicted octanol–water partition coefficient (Wildman–Crippen LogP) is 7.91. The van der Waals surface area contributed by atoms with Gasteiger partial charge >= 0.3 is 0 Å². The third-order valence-corrected chi connectivity index (χ3v) is 17.1. The van der Waals surface area contributed by atoms with Gasteiger partial charge in [-0.2, -0.15) is 0 Å². The van der Waals surface area contributed by atoms with E-state index in [9.17, 15) is 0 Å². The Hall–Kier alpha value is -6.10. The molecule has 0 aromatic heterocycles. The van der Waals surface area contributed by atoms with Gasteiger partial charge in [-0.3, -0.25) is 0 Å². The van der Waals surface area contributed by atoms with E-state index in [1.165, 1.54) is 87.6 Å². The minimum absolute atomic E-state index is 0.0540. The van der Waals surface area contributed by atoms with Crippen molar-refractivity contribution in [2.45, 2.75) is 26.2 Å². The predicted molar refractivity (Wildman–Crippen MR) is 234 cm³/mol. The van der Waals surface area contributed by atoms with Gasteiger partial charge in [0.05, 0.1) is 0 Å². The molecule has 11 rings (SSSR count). The van der Waals surface area contributed by atoms with E-state index in [0.717, 1.165) is 0 Å². The van der Waals surface area contributed by atoms with E-state index in [4.69, 9.17) is 0 Å². The summed E-state index contributed by atoms with van der Waals surface area (Å²) in [5, 5.41) is 8.25. The van der Waals surface area contributed by atoms with Gasteiger partial charge in [0.2, 0.25) is 0 Å². The number of para-hydroxylation sites is 3. The van der Waals surface area contributed by atoms with Crippen LogP contribution in [0.3, 0.4) is 0 Å². The minimum Gasteiger partial charge on any atom is -0.312 e. The van der Waals surface area contributed by atoms with E-state index in [-0.39, 0.29) is 12.1 Å². The van der Waals surface area contributed by atoms with Crippen molar-refractivity contribution in [1.82, 2.24) is 0 Å². The van der Waals surface area contributed by atoms with Gasteiger partial charge in [-0.05, 0) is 83.8 Å². The molecular weight excluding hydrogens is 667 g/mol. The molecule has 0 radical (unpaired) electrons. The average Bonchev–Trinajstić information content (AvgIpc) is 3.22. The van der Waals surface area contributed by atoms with Crippen LogP contribution in [0.4, 0.5) is 34.1 Å². The summed E-state index contributed by atoms with van der Waals surface area (Å²) in [7, 11) is -2.79. The summed E-state index contributed by atoms with van der Waals surface area (Å²) in [4.78, 5) is 5.23. The minimum atomic E-state index is -2.79.